The number of hydrogen-bond donors (Lipinski definition) is 1. The van der Waals surface area contributed by atoms with Gasteiger partial charge in [0.2, 0.25) is 5.91 Å². The van der Waals surface area contributed by atoms with E-state index in [0.29, 0.717) is 13.0 Å². The van der Waals surface area contributed by atoms with E-state index >= 15 is 0 Å². The van der Waals surface area contributed by atoms with Gasteiger partial charge in [-0.1, -0.05) is 0 Å². The summed E-state index contributed by atoms with van der Waals surface area (Å²) in [6, 6.07) is 4.15. The van der Waals surface area contributed by atoms with Gasteiger partial charge in [0, 0.05) is 17.5 Å². The molecule has 0 saturated heterocycles. The van der Waals surface area contributed by atoms with Gasteiger partial charge in [-0.2, -0.15) is 5.10 Å². The average Bonchev–Trinajstić information content (AvgIpc) is 3.09. The van der Waals surface area contributed by atoms with Crippen LogP contribution in [0.4, 0.5) is 0 Å². The van der Waals surface area contributed by atoms with Crippen molar-refractivity contribution in [3.8, 4) is 0 Å². The van der Waals surface area contributed by atoms with E-state index in [2.05, 4.69) is 35.3 Å². The number of benzene rings is 1. The second-order valence-corrected chi connectivity index (χ2v) is 6.67. The average molecular weight is 340 g/mol. The molecule has 6 nitrogen and oxygen atoms in total. The van der Waals surface area contributed by atoms with Gasteiger partial charge in [-0.3, -0.25) is 4.79 Å². The lowest BCUT2D eigenvalue weighted by molar-refractivity contribution is -0.120. The van der Waals surface area contributed by atoms with Crippen LogP contribution >= 0.6 is 0 Å². The Bertz CT molecular complexity index is 923. The van der Waals surface area contributed by atoms with E-state index in [-0.39, 0.29) is 11.9 Å². The largest absolute Gasteiger partial charge is 0.464 e. The number of amides is 1. The molecule has 25 heavy (non-hydrogen) atoms. The minimum absolute atomic E-state index is 0.0257. The molecular weight excluding hydrogens is 316 g/mol. The van der Waals surface area contributed by atoms with E-state index in [9.17, 15) is 4.79 Å². The van der Waals surface area contributed by atoms with Crippen LogP contribution in [0, 0.1) is 27.7 Å². The Kier molecular flexibility index (Phi) is 4.61. The first-order valence-corrected chi connectivity index (χ1v) is 8.49. The van der Waals surface area contributed by atoms with Crippen molar-refractivity contribution in [3.63, 3.8) is 0 Å². The SMILES string of the molecule is Cc1nc(C)n([C@@H](C)CNC(=O)Cc2coc3cc(C)c(C)cc23)n1. The maximum absolute atomic E-state index is 12.3. The molecule has 1 N–H and O–H groups in total. The molecule has 1 aromatic carbocycles. The first-order valence-electron chi connectivity index (χ1n) is 8.49. The van der Waals surface area contributed by atoms with Crippen LogP contribution in [-0.2, 0) is 11.2 Å². The van der Waals surface area contributed by atoms with Gasteiger partial charge < -0.3 is 9.73 Å². The second-order valence-electron chi connectivity index (χ2n) is 6.67. The molecule has 0 aliphatic carbocycles. The quantitative estimate of drug-likeness (QED) is 0.774. The Labute approximate surface area is 147 Å². The smallest absolute Gasteiger partial charge is 0.224 e. The number of carbonyl (C=O) groups excluding carboxylic acids is 1. The molecule has 132 valence electrons. The van der Waals surface area contributed by atoms with Crippen LogP contribution in [0.1, 0.15) is 41.3 Å². The summed E-state index contributed by atoms with van der Waals surface area (Å²) in [5.41, 5.74) is 4.12. The van der Waals surface area contributed by atoms with Gasteiger partial charge in [-0.05, 0) is 57.9 Å². The normalized spacial score (nSPS) is 12.5. The zero-order valence-electron chi connectivity index (χ0n) is 15.4. The van der Waals surface area contributed by atoms with Crippen molar-refractivity contribution in [1.29, 1.82) is 0 Å². The molecule has 0 bridgehead atoms. The third-order valence-electron chi connectivity index (χ3n) is 4.54. The lowest BCUT2D eigenvalue weighted by Gasteiger charge is -2.14. The van der Waals surface area contributed by atoms with E-state index in [1.54, 1.807) is 6.26 Å². The summed E-state index contributed by atoms with van der Waals surface area (Å²) in [5, 5.41) is 8.35. The molecule has 0 unspecified atom stereocenters. The number of rotatable bonds is 5. The molecule has 2 heterocycles. The van der Waals surface area contributed by atoms with Crippen LogP contribution in [-0.4, -0.2) is 27.2 Å². The molecule has 0 saturated carbocycles. The van der Waals surface area contributed by atoms with Gasteiger partial charge in [-0.25, -0.2) is 9.67 Å². The molecule has 1 amide bonds. The van der Waals surface area contributed by atoms with Crippen LogP contribution in [0.25, 0.3) is 11.0 Å². The zero-order chi connectivity index (χ0) is 18.1. The first-order chi connectivity index (χ1) is 11.8. The number of aromatic nitrogens is 3. The van der Waals surface area contributed by atoms with Crippen LogP contribution in [0.2, 0.25) is 0 Å². The highest BCUT2D eigenvalue weighted by atomic mass is 16.3. The first kappa shape index (κ1) is 17.2. The van der Waals surface area contributed by atoms with Crippen LogP contribution < -0.4 is 5.32 Å². The Morgan fingerprint density at radius 3 is 2.64 bits per heavy atom. The standard InChI is InChI=1S/C19H24N4O2/c1-11-6-17-16(10-25-18(17)7-12(11)2)8-19(24)20-9-13(3)23-15(5)21-14(4)22-23/h6-7,10,13H,8-9H2,1-5H3,(H,20,24)/t13-/m0/s1. The number of nitrogens with one attached hydrogen (secondary N) is 1. The summed E-state index contributed by atoms with van der Waals surface area (Å²) in [7, 11) is 0. The van der Waals surface area contributed by atoms with Crippen molar-refractivity contribution >= 4 is 16.9 Å². The molecule has 0 spiro atoms. The second kappa shape index (κ2) is 6.70. The molecule has 2 aromatic heterocycles. The monoisotopic (exact) mass is 340 g/mol. The summed E-state index contributed by atoms with van der Waals surface area (Å²) in [4.78, 5) is 16.6. The summed E-state index contributed by atoms with van der Waals surface area (Å²) in [5.74, 6) is 1.57. The highest BCUT2D eigenvalue weighted by Crippen LogP contribution is 2.25. The lowest BCUT2D eigenvalue weighted by Crippen LogP contribution is -2.31. The molecule has 0 fully saturated rings. The van der Waals surface area contributed by atoms with Gasteiger partial charge in [0.05, 0.1) is 18.7 Å². The molecule has 6 heteroatoms. The fourth-order valence-electron chi connectivity index (χ4n) is 3.01. The number of furan rings is 1. The predicted octanol–water partition coefficient (Wildman–Crippen LogP) is 3.18. The summed E-state index contributed by atoms with van der Waals surface area (Å²) < 4.78 is 7.44. The van der Waals surface area contributed by atoms with Crippen molar-refractivity contribution in [1.82, 2.24) is 20.1 Å². The van der Waals surface area contributed by atoms with Crippen molar-refractivity contribution in [3.05, 3.63) is 46.7 Å². The summed E-state index contributed by atoms with van der Waals surface area (Å²) >= 11 is 0. The van der Waals surface area contributed by atoms with E-state index in [1.807, 2.05) is 31.5 Å². The van der Waals surface area contributed by atoms with Crippen molar-refractivity contribution in [2.45, 2.75) is 47.1 Å². The molecular formula is C19H24N4O2. The number of carbonyl (C=O) groups is 1. The summed E-state index contributed by atoms with van der Waals surface area (Å²) in [6.45, 7) is 10.4. The summed E-state index contributed by atoms with van der Waals surface area (Å²) in [6.07, 6.45) is 1.98. The van der Waals surface area contributed by atoms with Crippen molar-refractivity contribution in [2.24, 2.45) is 0 Å². The Morgan fingerprint density at radius 2 is 1.96 bits per heavy atom. The maximum atomic E-state index is 12.3. The van der Waals surface area contributed by atoms with Gasteiger partial charge in [0.25, 0.3) is 0 Å². The topological polar surface area (TPSA) is 73.0 Å². The van der Waals surface area contributed by atoms with E-state index in [0.717, 1.165) is 28.2 Å². The lowest BCUT2D eigenvalue weighted by atomic mass is 10.0. The minimum atomic E-state index is -0.0257. The number of hydrogen-bond acceptors (Lipinski definition) is 4. The molecule has 1 atom stereocenters. The zero-order valence-corrected chi connectivity index (χ0v) is 15.4. The van der Waals surface area contributed by atoms with Crippen molar-refractivity contribution < 1.29 is 9.21 Å². The number of fused-ring (bicyclic) bond motifs is 1. The van der Waals surface area contributed by atoms with E-state index < -0.39 is 0 Å². The highest BCUT2D eigenvalue weighted by Gasteiger charge is 2.14. The Morgan fingerprint density at radius 1 is 1.24 bits per heavy atom. The van der Waals surface area contributed by atoms with Gasteiger partial charge >= 0.3 is 0 Å². The number of nitrogens with zero attached hydrogens (tertiary/aromatic N) is 3. The van der Waals surface area contributed by atoms with Crippen LogP contribution in [0.3, 0.4) is 0 Å². The third-order valence-corrected chi connectivity index (χ3v) is 4.54. The molecule has 0 radical (unpaired) electrons. The fraction of sp³-hybridized carbons (Fsp3) is 0.421. The van der Waals surface area contributed by atoms with Gasteiger partial charge in [0.15, 0.2) is 0 Å². The molecule has 3 rings (SSSR count). The number of aryl methyl sites for hydroxylation is 4. The van der Waals surface area contributed by atoms with E-state index in [4.69, 9.17) is 4.42 Å². The Hall–Kier alpha value is -2.63. The fourth-order valence-corrected chi connectivity index (χ4v) is 3.01. The van der Waals surface area contributed by atoms with Gasteiger partial charge in [-0.15, -0.1) is 0 Å². The highest BCUT2D eigenvalue weighted by molar-refractivity contribution is 5.88. The van der Waals surface area contributed by atoms with Crippen LogP contribution in [0.5, 0.6) is 0 Å². The third kappa shape index (κ3) is 3.57. The Balaban J connectivity index is 1.65. The molecule has 0 aliphatic heterocycles. The molecule has 0 aliphatic rings. The van der Waals surface area contributed by atoms with Gasteiger partial charge in [0.1, 0.15) is 17.2 Å². The predicted molar refractivity (Wildman–Crippen MR) is 96.6 cm³/mol. The minimum Gasteiger partial charge on any atom is -0.464 e. The van der Waals surface area contributed by atoms with E-state index in [1.165, 1.54) is 11.1 Å². The van der Waals surface area contributed by atoms with Crippen LogP contribution in [0.15, 0.2) is 22.8 Å². The maximum Gasteiger partial charge on any atom is 0.224 e. The van der Waals surface area contributed by atoms with Crippen molar-refractivity contribution in [2.75, 3.05) is 6.54 Å². The molecule has 3 aromatic rings.